The van der Waals surface area contributed by atoms with Crippen molar-refractivity contribution in [2.75, 3.05) is 7.11 Å². The molecule has 0 aromatic carbocycles. The molecule has 0 atom stereocenters. The molecule has 0 unspecified atom stereocenters. The van der Waals surface area contributed by atoms with E-state index in [2.05, 4.69) is 19.7 Å². The van der Waals surface area contributed by atoms with Gasteiger partial charge < -0.3 is 4.74 Å². The van der Waals surface area contributed by atoms with Gasteiger partial charge in [0.15, 0.2) is 0 Å². The van der Waals surface area contributed by atoms with Gasteiger partial charge in [-0.1, -0.05) is 31.4 Å². The first kappa shape index (κ1) is 9.76. The molecule has 0 aromatic rings. The molecule has 0 amide bonds. The largest absolute Gasteiger partial charge is 0.496 e. The summed E-state index contributed by atoms with van der Waals surface area (Å²) in [5.41, 5.74) is 1.71. The summed E-state index contributed by atoms with van der Waals surface area (Å²) in [6, 6.07) is 0. The van der Waals surface area contributed by atoms with Crippen molar-refractivity contribution >= 4 is 0 Å². The van der Waals surface area contributed by atoms with Crippen molar-refractivity contribution in [3.05, 3.63) is 48.8 Å². The van der Waals surface area contributed by atoms with Gasteiger partial charge in [0.2, 0.25) is 0 Å². The van der Waals surface area contributed by atoms with Gasteiger partial charge in [-0.3, -0.25) is 0 Å². The van der Waals surface area contributed by atoms with Crippen LogP contribution in [-0.2, 0) is 4.74 Å². The van der Waals surface area contributed by atoms with Crippen LogP contribution < -0.4 is 0 Å². The van der Waals surface area contributed by atoms with E-state index in [1.807, 2.05) is 13.0 Å². The van der Waals surface area contributed by atoms with Crippen LogP contribution in [0, 0.1) is 0 Å². The maximum atomic E-state index is 5.04. The van der Waals surface area contributed by atoms with Crippen LogP contribution in [-0.4, -0.2) is 7.11 Å². The third-order valence-electron chi connectivity index (χ3n) is 1.16. The van der Waals surface area contributed by atoms with E-state index in [4.69, 9.17) is 4.74 Å². The SMILES string of the molecule is C=CC(=C)/C(=C\C(=C)C)OC. The van der Waals surface area contributed by atoms with Crippen molar-refractivity contribution in [3.8, 4) is 0 Å². The molecule has 0 bridgehead atoms. The van der Waals surface area contributed by atoms with Gasteiger partial charge >= 0.3 is 0 Å². The van der Waals surface area contributed by atoms with E-state index in [1.54, 1.807) is 13.2 Å². The number of rotatable bonds is 4. The Bertz CT molecular complexity index is 209. The summed E-state index contributed by atoms with van der Waals surface area (Å²) >= 11 is 0. The average Bonchev–Trinajstić information content (AvgIpc) is 1.98. The molecule has 0 fully saturated rings. The molecule has 11 heavy (non-hydrogen) atoms. The van der Waals surface area contributed by atoms with E-state index >= 15 is 0 Å². The van der Waals surface area contributed by atoms with Gasteiger partial charge in [-0.25, -0.2) is 0 Å². The predicted octanol–water partition coefficient (Wildman–Crippen LogP) is 2.84. The zero-order valence-electron chi connectivity index (χ0n) is 7.18. The van der Waals surface area contributed by atoms with Crippen molar-refractivity contribution in [1.82, 2.24) is 0 Å². The molecular formula is C10H14O. The van der Waals surface area contributed by atoms with Gasteiger partial charge in [0.1, 0.15) is 5.76 Å². The number of ether oxygens (including phenoxy) is 1. The Labute approximate surface area is 68.4 Å². The molecule has 0 saturated heterocycles. The third-order valence-corrected chi connectivity index (χ3v) is 1.16. The second kappa shape index (κ2) is 4.56. The number of hydrogen-bond donors (Lipinski definition) is 0. The lowest BCUT2D eigenvalue weighted by molar-refractivity contribution is 0.303. The van der Waals surface area contributed by atoms with Crippen LogP contribution in [0.3, 0.4) is 0 Å². The van der Waals surface area contributed by atoms with Crippen LogP contribution in [0.25, 0.3) is 0 Å². The van der Waals surface area contributed by atoms with E-state index in [0.717, 1.165) is 11.1 Å². The Kier molecular flexibility index (Phi) is 4.04. The van der Waals surface area contributed by atoms with Gasteiger partial charge in [-0.15, -0.1) is 0 Å². The summed E-state index contributed by atoms with van der Waals surface area (Å²) in [7, 11) is 1.60. The molecule has 0 N–H and O–H groups in total. The molecule has 0 aromatic heterocycles. The summed E-state index contributed by atoms with van der Waals surface area (Å²) in [5, 5.41) is 0. The Hall–Kier alpha value is -1.24. The fourth-order valence-corrected chi connectivity index (χ4v) is 0.607. The number of methoxy groups -OCH3 is 1. The van der Waals surface area contributed by atoms with E-state index in [9.17, 15) is 0 Å². The summed E-state index contributed by atoms with van der Waals surface area (Å²) in [6.07, 6.45) is 3.47. The topological polar surface area (TPSA) is 9.23 Å². The molecule has 0 aliphatic carbocycles. The standard InChI is InChI=1S/C10H14O/c1-6-9(4)10(11-5)7-8(2)3/h6-7H,1-2,4H2,3,5H3/b10-7+. The maximum absolute atomic E-state index is 5.04. The van der Waals surface area contributed by atoms with Crippen molar-refractivity contribution < 1.29 is 4.74 Å². The van der Waals surface area contributed by atoms with Gasteiger partial charge in [-0.2, -0.15) is 0 Å². The average molecular weight is 150 g/mol. The molecule has 1 heteroatoms. The van der Waals surface area contributed by atoms with Crippen molar-refractivity contribution in [3.63, 3.8) is 0 Å². The minimum absolute atomic E-state index is 0.715. The zero-order chi connectivity index (χ0) is 8.85. The Morgan fingerprint density at radius 3 is 2.18 bits per heavy atom. The lowest BCUT2D eigenvalue weighted by Gasteiger charge is -2.04. The minimum Gasteiger partial charge on any atom is -0.496 e. The first-order valence-electron chi connectivity index (χ1n) is 3.34. The monoisotopic (exact) mass is 150 g/mol. The molecule has 0 rings (SSSR count). The van der Waals surface area contributed by atoms with Crippen LogP contribution in [0.5, 0.6) is 0 Å². The predicted molar refractivity (Wildman–Crippen MR) is 49.2 cm³/mol. The molecular weight excluding hydrogens is 136 g/mol. The lowest BCUT2D eigenvalue weighted by Crippen LogP contribution is -1.88. The first-order valence-corrected chi connectivity index (χ1v) is 3.34. The van der Waals surface area contributed by atoms with Crippen molar-refractivity contribution in [2.24, 2.45) is 0 Å². The second-order valence-electron chi connectivity index (χ2n) is 2.29. The molecule has 0 aliphatic rings. The second-order valence-corrected chi connectivity index (χ2v) is 2.29. The molecule has 60 valence electrons. The van der Waals surface area contributed by atoms with Crippen LogP contribution in [0.15, 0.2) is 48.8 Å². The molecule has 0 spiro atoms. The Morgan fingerprint density at radius 1 is 1.36 bits per heavy atom. The third kappa shape index (κ3) is 3.46. The van der Waals surface area contributed by atoms with Crippen molar-refractivity contribution in [2.45, 2.75) is 6.92 Å². The first-order chi connectivity index (χ1) is 5.11. The van der Waals surface area contributed by atoms with Crippen LogP contribution in [0.4, 0.5) is 0 Å². The van der Waals surface area contributed by atoms with E-state index in [-0.39, 0.29) is 0 Å². The van der Waals surface area contributed by atoms with Gasteiger partial charge in [-0.05, 0) is 13.0 Å². The van der Waals surface area contributed by atoms with E-state index in [0.29, 0.717) is 5.76 Å². The fraction of sp³-hybridized carbons (Fsp3) is 0.200. The van der Waals surface area contributed by atoms with E-state index in [1.165, 1.54) is 0 Å². The van der Waals surface area contributed by atoms with Crippen molar-refractivity contribution in [1.29, 1.82) is 0 Å². The number of hydrogen-bond acceptors (Lipinski definition) is 1. The molecule has 0 aliphatic heterocycles. The summed E-state index contributed by atoms with van der Waals surface area (Å²) in [4.78, 5) is 0. The Balaban J connectivity index is 4.52. The minimum atomic E-state index is 0.715. The molecule has 0 heterocycles. The molecule has 1 nitrogen and oxygen atoms in total. The molecule has 0 saturated carbocycles. The summed E-state index contributed by atoms with van der Waals surface area (Å²) < 4.78 is 5.04. The van der Waals surface area contributed by atoms with Gasteiger partial charge in [0.05, 0.1) is 7.11 Å². The van der Waals surface area contributed by atoms with E-state index < -0.39 is 0 Å². The summed E-state index contributed by atoms with van der Waals surface area (Å²) in [5.74, 6) is 0.715. The Morgan fingerprint density at radius 2 is 1.91 bits per heavy atom. The summed E-state index contributed by atoms with van der Waals surface area (Å²) in [6.45, 7) is 13.0. The highest BCUT2D eigenvalue weighted by atomic mass is 16.5. The quantitative estimate of drug-likeness (QED) is 0.442. The van der Waals surface area contributed by atoms with Gasteiger partial charge in [0, 0.05) is 5.57 Å². The van der Waals surface area contributed by atoms with Gasteiger partial charge in [0.25, 0.3) is 0 Å². The smallest absolute Gasteiger partial charge is 0.125 e. The van der Waals surface area contributed by atoms with Crippen LogP contribution >= 0.6 is 0 Å². The number of allylic oxidation sites excluding steroid dienone is 3. The van der Waals surface area contributed by atoms with Crippen LogP contribution in [0.1, 0.15) is 6.92 Å². The maximum Gasteiger partial charge on any atom is 0.125 e. The molecule has 0 radical (unpaired) electrons. The fourth-order valence-electron chi connectivity index (χ4n) is 0.607. The zero-order valence-corrected chi connectivity index (χ0v) is 7.18. The normalized spacial score (nSPS) is 10.5. The highest BCUT2D eigenvalue weighted by Crippen LogP contribution is 2.11. The highest BCUT2D eigenvalue weighted by molar-refractivity contribution is 5.35. The lowest BCUT2D eigenvalue weighted by atomic mass is 10.2. The highest BCUT2D eigenvalue weighted by Gasteiger charge is 1.96. The van der Waals surface area contributed by atoms with Crippen LogP contribution in [0.2, 0.25) is 0 Å².